The van der Waals surface area contributed by atoms with Crippen LogP contribution in [0.2, 0.25) is 0 Å². The van der Waals surface area contributed by atoms with E-state index in [1.165, 1.54) is 0 Å². The molecular formula is C15H22O3. The quantitative estimate of drug-likeness (QED) is 0.597. The predicted octanol–water partition coefficient (Wildman–Crippen LogP) is 2.16. The summed E-state index contributed by atoms with van der Waals surface area (Å²) in [6, 6.07) is 0. The molecule has 0 amide bonds. The summed E-state index contributed by atoms with van der Waals surface area (Å²) in [5.74, 6) is -0.183. The van der Waals surface area contributed by atoms with Crippen molar-refractivity contribution in [1.82, 2.24) is 0 Å². The van der Waals surface area contributed by atoms with E-state index in [1.807, 2.05) is 32.9 Å². The number of rotatable bonds is 3. The maximum Gasteiger partial charge on any atom is 0.187 e. The Hall–Kier alpha value is -1.19. The fourth-order valence-corrected chi connectivity index (χ4v) is 2.35. The molecule has 0 spiro atoms. The van der Waals surface area contributed by atoms with Gasteiger partial charge in [0.25, 0.3) is 0 Å². The highest BCUT2D eigenvalue weighted by molar-refractivity contribution is 6.00. The van der Waals surface area contributed by atoms with Crippen LogP contribution in [-0.4, -0.2) is 28.7 Å². The van der Waals surface area contributed by atoms with E-state index in [2.05, 4.69) is 0 Å². The second-order valence-corrected chi connectivity index (χ2v) is 5.47. The van der Waals surface area contributed by atoms with Crippen molar-refractivity contribution in [1.29, 1.82) is 0 Å². The third-order valence-electron chi connectivity index (χ3n) is 3.44. The molecule has 100 valence electrons. The molecule has 0 heterocycles. The number of Topliss-reactive ketones (excluding diaryl/α,β-unsaturated/α-hetero) is 1. The van der Waals surface area contributed by atoms with Crippen molar-refractivity contribution >= 4 is 5.78 Å². The number of carbonyl (C=O) groups is 1. The van der Waals surface area contributed by atoms with Crippen molar-refractivity contribution in [2.45, 2.75) is 40.2 Å². The second-order valence-electron chi connectivity index (χ2n) is 5.47. The normalized spacial score (nSPS) is 25.1. The van der Waals surface area contributed by atoms with Crippen molar-refractivity contribution in [3.63, 3.8) is 0 Å². The van der Waals surface area contributed by atoms with E-state index in [0.29, 0.717) is 12.0 Å². The van der Waals surface area contributed by atoms with E-state index in [9.17, 15) is 9.90 Å². The number of aliphatic hydroxyl groups excluding tert-OH is 2. The van der Waals surface area contributed by atoms with Crippen molar-refractivity contribution in [3.8, 4) is 0 Å². The van der Waals surface area contributed by atoms with Gasteiger partial charge in [0.2, 0.25) is 0 Å². The first-order chi connectivity index (χ1) is 8.29. The Labute approximate surface area is 109 Å². The molecule has 0 aliphatic heterocycles. The third-order valence-corrected chi connectivity index (χ3v) is 3.44. The first kappa shape index (κ1) is 14.9. The van der Waals surface area contributed by atoms with Gasteiger partial charge >= 0.3 is 0 Å². The highest BCUT2D eigenvalue weighted by Crippen LogP contribution is 2.39. The molecule has 1 aliphatic carbocycles. The fraction of sp³-hybridized carbons (Fsp3) is 0.533. The molecule has 1 aliphatic rings. The molecule has 0 aromatic heterocycles. The standard InChI is InChI=1S/C15H22O3/c1-10(7-8-16)5-6-12-11(2)14(18)13(17)9-15(12,3)4/h5-7,13,16-17H,8-9H2,1-4H3/b6-5+,10-7+/i14+1. The molecule has 0 radical (unpaired) electrons. The summed E-state index contributed by atoms with van der Waals surface area (Å²) in [5.41, 5.74) is 2.33. The van der Waals surface area contributed by atoms with E-state index in [0.717, 1.165) is 11.1 Å². The van der Waals surface area contributed by atoms with Crippen LogP contribution in [0.4, 0.5) is 0 Å². The Kier molecular flexibility index (Phi) is 4.65. The van der Waals surface area contributed by atoms with Crippen LogP contribution < -0.4 is 0 Å². The second kappa shape index (κ2) is 5.63. The zero-order chi connectivity index (χ0) is 13.9. The zero-order valence-corrected chi connectivity index (χ0v) is 11.5. The summed E-state index contributed by atoms with van der Waals surface area (Å²) in [6.45, 7) is 7.72. The number of allylic oxidation sites excluding steroid dienone is 4. The van der Waals surface area contributed by atoms with Crippen LogP contribution in [0.3, 0.4) is 0 Å². The molecule has 1 rings (SSSR count). The highest BCUT2D eigenvalue weighted by Gasteiger charge is 2.36. The molecule has 0 saturated heterocycles. The third kappa shape index (κ3) is 3.18. The van der Waals surface area contributed by atoms with Crippen molar-refractivity contribution < 1.29 is 15.0 Å². The average Bonchev–Trinajstić information content (AvgIpc) is 2.25. The maximum absolute atomic E-state index is 11.8. The molecule has 0 fully saturated rings. The van der Waals surface area contributed by atoms with Crippen LogP contribution in [-0.2, 0) is 4.79 Å². The van der Waals surface area contributed by atoms with E-state index in [-0.39, 0.29) is 17.8 Å². The van der Waals surface area contributed by atoms with Crippen LogP contribution in [0.1, 0.15) is 34.1 Å². The van der Waals surface area contributed by atoms with Crippen molar-refractivity contribution in [3.05, 3.63) is 34.9 Å². The van der Waals surface area contributed by atoms with Gasteiger partial charge in [0, 0.05) is 0 Å². The van der Waals surface area contributed by atoms with Gasteiger partial charge < -0.3 is 10.2 Å². The lowest BCUT2D eigenvalue weighted by Gasteiger charge is -2.34. The molecule has 1 unspecified atom stereocenters. The van der Waals surface area contributed by atoms with Crippen LogP contribution in [0.15, 0.2) is 34.9 Å². The molecule has 0 bridgehead atoms. The predicted molar refractivity (Wildman–Crippen MR) is 72.1 cm³/mol. The fourth-order valence-electron chi connectivity index (χ4n) is 2.35. The summed E-state index contributed by atoms with van der Waals surface area (Å²) in [5, 5.41) is 18.5. The van der Waals surface area contributed by atoms with Gasteiger partial charge in [0.1, 0.15) is 6.10 Å². The lowest BCUT2D eigenvalue weighted by molar-refractivity contribution is -0.125. The average molecular weight is 251 g/mol. The van der Waals surface area contributed by atoms with Crippen LogP contribution in [0.25, 0.3) is 0 Å². The van der Waals surface area contributed by atoms with Gasteiger partial charge in [-0.25, -0.2) is 0 Å². The molecule has 18 heavy (non-hydrogen) atoms. The van der Waals surface area contributed by atoms with E-state index < -0.39 is 6.10 Å². The number of aliphatic hydroxyl groups is 2. The van der Waals surface area contributed by atoms with E-state index >= 15 is 0 Å². The lowest BCUT2D eigenvalue weighted by Crippen LogP contribution is -2.35. The SMILES string of the molecule is CC1=C(/C=C/C(C)=C/CO)C(C)(C)CC(O)[13C]1=O. The Balaban J connectivity index is 3.11. The largest absolute Gasteiger partial charge is 0.392 e. The molecule has 0 saturated carbocycles. The Bertz CT molecular complexity index is 425. The topological polar surface area (TPSA) is 57.5 Å². The number of ketones is 1. The summed E-state index contributed by atoms with van der Waals surface area (Å²) in [4.78, 5) is 11.8. The molecule has 1 atom stereocenters. The van der Waals surface area contributed by atoms with Crippen LogP contribution in [0, 0.1) is 5.41 Å². The first-order valence-corrected chi connectivity index (χ1v) is 6.19. The van der Waals surface area contributed by atoms with Crippen molar-refractivity contribution in [2.24, 2.45) is 5.41 Å². The lowest BCUT2D eigenvalue weighted by atomic mass is 9.75. The number of carbonyl (C=O) groups excluding carboxylic acids is 1. The van der Waals surface area contributed by atoms with Gasteiger partial charge in [-0.2, -0.15) is 0 Å². The molecule has 0 aromatic carbocycles. The molecule has 3 heteroatoms. The first-order valence-electron chi connectivity index (χ1n) is 6.19. The van der Waals surface area contributed by atoms with Gasteiger partial charge in [-0.05, 0) is 36.8 Å². The van der Waals surface area contributed by atoms with E-state index in [1.54, 1.807) is 13.0 Å². The number of hydrogen-bond donors (Lipinski definition) is 2. The Morgan fingerprint density at radius 3 is 2.67 bits per heavy atom. The van der Waals surface area contributed by atoms with Gasteiger partial charge in [-0.3, -0.25) is 4.79 Å². The molecule has 3 nitrogen and oxygen atoms in total. The highest BCUT2D eigenvalue weighted by atomic mass is 16.3. The number of hydrogen-bond acceptors (Lipinski definition) is 3. The summed E-state index contributed by atoms with van der Waals surface area (Å²) < 4.78 is 0. The van der Waals surface area contributed by atoms with E-state index in [4.69, 9.17) is 5.11 Å². The Morgan fingerprint density at radius 2 is 2.11 bits per heavy atom. The van der Waals surface area contributed by atoms with Crippen LogP contribution >= 0.6 is 0 Å². The summed E-state index contributed by atoms with van der Waals surface area (Å²) in [6.07, 6.45) is 5.08. The van der Waals surface area contributed by atoms with Gasteiger partial charge in [0.15, 0.2) is 5.78 Å². The zero-order valence-electron chi connectivity index (χ0n) is 11.5. The summed E-state index contributed by atoms with van der Waals surface area (Å²) in [7, 11) is 0. The van der Waals surface area contributed by atoms with Gasteiger partial charge in [-0.15, -0.1) is 0 Å². The Morgan fingerprint density at radius 1 is 1.50 bits per heavy atom. The minimum absolute atomic E-state index is 0.00917. The van der Waals surface area contributed by atoms with Gasteiger partial charge in [-0.1, -0.05) is 37.6 Å². The smallest absolute Gasteiger partial charge is 0.187 e. The maximum atomic E-state index is 11.8. The van der Waals surface area contributed by atoms with Crippen LogP contribution in [0.5, 0.6) is 0 Å². The molecule has 2 N–H and O–H groups in total. The molecule has 0 aromatic rings. The van der Waals surface area contributed by atoms with Gasteiger partial charge in [0.05, 0.1) is 6.61 Å². The minimum Gasteiger partial charge on any atom is -0.392 e. The minimum atomic E-state index is -0.883. The van der Waals surface area contributed by atoms with Crippen molar-refractivity contribution in [2.75, 3.05) is 6.61 Å². The monoisotopic (exact) mass is 251 g/mol. The molecular weight excluding hydrogens is 229 g/mol. The summed E-state index contributed by atoms with van der Waals surface area (Å²) >= 11 is 0.